The van der Waals surface area contributed by atoms with Gasteiger partial charge in [0.25, 0.3) is 0 Å². The fourth-order valence-electron chi connectivity index (χ4n) is 0.877. The van der Waals surface area contributed by atoms with E-state index in [0.717, 1.165) is 0 Å². The van der Waals surface area contributed by atoms with Gasteiger partial charge < -0.3 is 4.74 Å². The fraction of sp³-hybridized carbons (Fsp3) is 0.556. The number of hydrogen-bond acceptors (Lipinski definition) is 4. The van der Waals surface area contributed by atoms with Gasteiger partial charge in [0.15, 0.2) is 3.92 Å². The minimum Gasteiger partial charge on any atom is -0.456 e. The lowest BCUT2D eigenvalue weighted by Crippen LogP contribution is -2.23. The summed E-state index contributed by atoms with van der Waals surface area (Å²) in [5.74, 6) is -0.307. The molecule has 0 aliphatic heterocycles. The number of aryl methyl sites for hydroxylation is 1. The van der Waals surface area contributed by atoms with E-state index in [1.807, 2.05) is 20.8 Å². The third-order valence-electron chi connectivity index (χ3n) is 1.35. The monoisotopic (exact) mass is 277 g/mol. The number of nitrogens with zero attached hydrogens (tertiary/aromatic N) is 1. The number of carbonyl (C=O) groups is 1. The first-order valence-corrected chi connectivity index (χ1v) is 5.77. The van der Waals surface area contributed by atoms with E-state index in [-0.39, 0.29) is 5.97 Å². The van der Waals surface area contributed by atoms with Crippen LogP contribution in [0, 0.1) is 6.92 Å². The highest BCUT2D eigenvalue weighted by atomic mass is 79.9. The molecule has 3 nitrogen and oxygen atoms in total. The molecule has 0 fully saturated rings. The molecule has 0 atom stereocenters. The van der Waals surface area contributed by atoms with Crippen LogP contribution in [0.2, 0.25) is 0 Å². The predicted molar refractivity (Wildman–Crippen MR) is 59.7 cm³/mol. The minimum atomic E-state index is -0.458. The Kier molecular flexibility index (Phi) is 3.32. The Labute approximate surface area is 95.6 Å². The van der Waals surface area contributed by atoms with Gasteiger partial charge in [-0.2, -0.15) is 0 Å². The van der Waals surface area contributed by atoms with Gasteiger partial charge in [-0.3, -0.25) is 0 Å². The molecule has 14 heavy (non-hydrogen) atoms. The standard InChI is InChI=1S/C9H12BrNO2S/c1-5-6(14-8(10)11-5)7(12)13-9(2,3)4/h1-4H3. The normalized spacial score (nSPS) is 11.5. The van der Waals surface area contributed by atoms with E-state index >= 15 is 0 Å². The van der Waals surface area contributed by atoms with E-state index in [1.54, 1.807) is 6.92 Å². The summed E-state index contributed by atoms with van der Waals surface area (Å²) in [7, 11) is 0. The second-order valence-electron chi connectivity index (χ2n) is 3.88. The molecule has 0 aliphatic rings. The summed E-state index contributed by atoms with van der Waals surface area (Å²) in [4.78, 5) is 16.3. The second kappa shape index (κ2) is 3.98. The highest BCUT2D eigenvalue weighted by molar-refractivity contribution is 9.11. The van der Waals surface area contributed by atoms with Gasteiger partial charge in [-0.25, -0.2) is 9.78 Å². The number of thiazole rings is 1. The Morgan fingerprint density at radius 3 is 2.43 bits per heavy atom. The topological polar surface area (TPSA) is 39.2 Å². The molecule has 78 valence electrons. The molecule has 1 heterocycles. The van der Waals surface area contributed by atoms with Gasteiger partial charge in [-0.15, -0.1) is 0 Å². The van der Waals surface area contributed by atoms with E-state index in [2.05, 4.69) is 20.9 Å². The average molecular weight is 278 g/mol. The number of ether oxygens (including phenoxy) is 1. The molecule has 0 N–H and O–H groups in total. The molecule has 1 rings (SSSR count). The first-order valence-electron chi connectivity index (χ1n) is 4.16. The van der Waals surface area contributed by atoms with E-state index in [0.29, 0.717) is 14.5 Å². The Hall–Kier alpha value is -0.420. The Morgan fingerprint density at radius 1 is 1.50 bits per heavy atom. The maximum Gasteiger partial charge on any atom is 0.350 e. The Balaban J connectivity index is 2.85. The summed E-state index contributed by atoms with van der Waals surface area (Å²) in [6.07, 6.45) is 0. The van der Waals surface area contributed by atoms with Crippen LogP contribution in [-0.4, -0.2) is 16.6 Å². The van der Waals surface area contributed by atoms with Crippen molar-refractivity contribution in [2.24, 2.45) is 0 Å². The van der Waals surface area contributed by atoms with Crippen LogP contribution >= 0.6 is 27.3 Å². The zero-order valence-corrected chi connectivity index (χ0v) is 11.0. The highest BCUT2D eigenvalue weighted by Crippen LogP contribution is 2.24. The van der Waals surface area contributed by atoms with Crippen molar-refractivity contribution < 1.29 is 9.53 Å². The molecule has 1 aromatic heterocycles. The molecule has 0 spiro atoms. The zero-order valence-electron chi connectivity index (χ0n) is 8.55. The maximum absolute atomic E-state index is 11.6. The van der Waals surface area contributed by atoms with E-state index in [9.17, 15) is 4.79 Å². The molecule has 0 radical (unpaired) electrons. The molecule has 0 aliphatic carbocycles. The molecule has 0 bridgehead atoms. The Bertz CT molecular complexity index is 354. The quantitative estimate of drug-likeness (QED) is 0.741. The summed E-state index contributed by atoms with van der Waals surface area (Å²) in [5.41, 5.74) is 0.246. The van der Waals surface area contributed by atoms with Gasteiger partial charge in [-0.1, -0.05) is 11.3 Å². The van der Waals surface area contributed by atoms with Crippen molar-refractivity contribution in [2.75, 3.05) is 0 Å². The number of halogens is 1. The van der Waals surface area contributed by atoms with Crippen LogP contribution in [0.25, 0.3) is 0 Å². The van der Waals surface area contributed by atoms with Crippen LogP contribution in [-0.2, 0) is 4.74 Å². The molecule has 1 aromatic rings. The molecule has 0 saturated carbocycles. The van der Waals surface area contributed by atoms with Gasteiger partial charge in [0.05, 0.1) is 5.69 Å². The molecule has 0 saturated heterocycles. The number of carbonyl (C=O) groups excluding carboxylic acids is 1. The average Bonchev–Trinajstić information content (AvgIpc) is 2.26. The van der Waals surface area contributed by atoms with Crippen LogP contribution in [0.4, 0.5) is 0 Å². The van der Waals surface area contributed by atoms with Crippen LogP contribution in [0.1, 0.15) is 36.1 Å². The summed E-state index contributed by atoms with van der Waals surface area (Å²) in [6, 6.07) is 0. The number of esters is 1. The predicted octanol–water partition coefficient (Wildman–Crippen LogP) is 3.17. The van der Waals surface area contributed by atoms with Crippen molar-refractivity contribution in [1.82, 2.24) is 4.98 Å². The van der Waals surface area contributed by atoms with Gasteiger partial charge >= 0.3 is 5.97 Å². The summed E-state index contributed by atoms with van der Waals surface area (Å²) in [5, 5.41) is 0. The van der Waals surface area contributed by atoms with Crippen LogP contribution in [0.5, 0.6) is 0 Å². The molecule has 5 heteroatoms. The molecule has 0 unspecified atom stereocenters. The molecular formula is C9H12BrNO2S. The molecule has 0 amide bonds. The SMILES string of the molecule is Cc1nc(Br)sc1C(=O)OC(C)(C)C. The lowest BCUT2D eigenvalue weighted by Gasteiger charge is -2.18. The smallest absolute Gasteiger partial charge is 0.350 e. The van der Waals surface area contributed by atoms with Crippen molar-refractivity contribution in [3.8, 4) is 0 Å². The summed E-state index contributed by atoms with van der Waals surface area (Å²) >= 11 is 4.52. The van der Waals surface area contributed by atoms with Crippen molar-refractivity contribution in [2.45, 2.75) is 33.3 Å². The van der Waals surface area contributed by atoms with Crippen LogP contribution in [0.15, 0.2) is 3.92 Å². The summed E-state index contributed by atoms with van der Waals surface area (Å²) < 4.78 is 5.93. The van der Waals surface area contributed by atoms with Crippen molar-refractivity contribution in [1.29, 1.82) is 0 Å². The highest BCUT2D eigenvalue weighted by Gasteiger charge is 2.21. The maximum atomic E-state index is 11.6. The van der Waals surface area contributed by atoms with E-state index in [1.165, 1.54) is 11.3 Å². The van der Waals surface area contributed by atoms with Crippen molar-refractivity contribution in [3.63, 3.8) is 0 Å². The zero-order chi connectivity index (χ0) is 10.9. The second-order valence-corrected chi connectivity index (χ2v) is 6.16. The van der Waals surface area contributed by atoms with Crippen LogP contribution < -0.4 is 0 Å². The van der Waals surface area contributed by atoms with Gasteiger partial charge in [0.2, 0.25) is 0 Å². The first-order chi connectivity index (χ1) is 6.29. The van der Waals surface area contributed by atoms with Crippen molar-refractivity contribution >= 4 is 33.2 Å². The van der Waals surface area contributed by atoms with E-state index < -0.39 is 5.60 Å². The third kappa shape index (κ3) is 3.06. The largest absolute Gasteiger partial charge is 0.456 e. The Morgan fingerprint density at radius 2 is 2.07 bits per heavy atom. The lowest BCUT2D eigenvalue weighted by atomic mass is 10.2. The number of aromatic nitrogens is 1. The molecular weight excluding hydrogens is 266 g/mol. The van der Waals surface area contributed by atoms with E-state index in [4.69, 9.17) is 4.74 Å². The minimum absolute atomic E-state index is 0.307. The van der Waals surface area contributed by atoms with Gasteiger partial charge in [0.1, 0.15) is 10.5 Å². The van der Waals surface area contributed by atoms with Crippen LogP contribution in [0.3, 0.4) is 0 Å². The van der Waals surface area contributed by atoms with Crippen molar-refractivity contribution in [3.05, 3.63) is 14.5 Å². The summed E-state index contributed by atoms with van der Waals surface area (Å²) in [6.45, 7) is 7.32. The number of hydrogen-bond donors (Lipinski definition) is 0. The third-order valence-corrected chi connectivity index (χ3v) is 2.94. The molecule has 0 aromatic carbocycles. The fourth-order valence-corrected chi connectivity index (χ4v) is 2.30. The number of rotatable bonds is 1. The van der Waals surface area contributed by atoms with Gasteiger partial charge in [0, 0.05) is 0 Å². The van der Waals surface area contributed by atoms with Gasteiger partial charge in [-0.05, 0) is 43.6 Å². The first kappa shape index (κ1) is 11.7. The lowest BCUT2D eigenvalue weighted by molar-refractivity contribution is 0.00742.